The van der Waals surface area contributed by atoms with Gasteiger partial charge < -0.3 is 10.4 Å². The first-order valence-electron chi connectivity index (χ1n) is 7.24. The molecule has 2 aromatic rings. The molecule has 0 radical (unpaired) electrons. The minimum Gasteiger partial charge on any atom is -0.392 e. The summed E-state index contributed by atoms with van der Waals surface area (Å²) < 4.78 is 0. The van der Waals surface area contributed by atoms with Crippen LogP contribution in [-0.4, -0.2) is 33.0 Å². The third-order valence-corrected chi connectivity index (χ3v) is 6.02. The molecular formula is C15H23N3OS2. The minimum absolute atomic E-state index is 0.179. The number of thiophene rings is 1. The van der Waals surface area contributed by atoms with Gasteiger partial charge in [0.25, 0.3) is 0 Å². The van der Waals surface area contributed by atoms with Crippen molar-refractivity contribution in [1.29, 1.82) is 0 Å². The smallest absolute Gasteiger partial charge is 0.142 e. The number of aromatic nitrogens is 2. The molecule has 2 unspecified atom stereocenters. The van der Waals surface area contributed by atoms with E-state index in [0.29, 0.717) is 0 Å². The Bertz CT molecular complexity index is 625. The Hall–Kier alpha value is -0.850. The van der Waals surface area contributed by atoms with Crippen LogP contribution < -0.4 is 5.32 Å². The number of aryl methyl sites for hydroxylation is 2. The van der Waals surface area contributed by atoms with Crippen molar-refractivity contribution in [2.24, 2.45) is 0 Å². The van der Waals surface area contributed by atoms with E-state index in [0.717, 1.165) is 34.2 Å². The highest BCUT2D eigenvalue weighted by atomic mass is 32.2. The molecule has 0 aliphatic carbocycles. The van der Waals surface area contributed by atoms with Crippen molar-refractivity contribution < 1.29 is 5.11 Å². The Balaban J connectivity index is 2.33. The number of nitrogens with one attached hydrogen (secondary N) is 1. The summed E-state index contributed by atoms with van der Waals surface area (Å²) >= 11 is 3.41. The number of aliphatic hydroxyl groups excluding tert-OH is 1. The minimum atomic E-state index is -0.321. The molecular weight excluding hydrogens is 302 g/mol. The zero-order valence-corrected chi connectivity index (χ0v) is 14.9. The fraction of sp³-hybridized carbons (Fsp3) is 0.600. The Morgan fingerprint density at radius 2 is 2.00 bits per heavy atom. The highest BCUT2D eigenvalue weighted by Gasteiger charge is 2.15. The second-order valence-electron chi connectivity index (χ2n) is 5.24. The molecule has 116 valence electrons. The topological polar surface area (TPSA) is 58.0 Å². The lowest BCUT2D eigenvalue weighted by Gasteiger charge is -2.14. The fourth-order valence-corrected chi connectivity index (χ4v) is 3.87. The van der Waals surface area contributed by atoms with Crippen molar-refractivity contribution >= 4 is 39.1 Å². The summed E-state index contributed by atoms with van der Waals surface area (Å²) in [4.78, 5) is 11.7. The van der Waals surface area contributed by atoms with Crippen LogP contribution in [0, 0.1) is 13.8 Å². The van der Waals surface area contributed by atoms with Crippen LogP contribution in [0.3, 0.4) is 0 Å². The first-order valence-corrected chi connectivity index (χ1v) is 9.10. The molecule has 0 aliphatic heterocycles. The van der Waals surface area contributed by atoms with Crippen molar-refractivity contribution in [2.75, 3.05) is 11.9 Å². The number of hydrogen-bond donors (Lipinski definition) is 2. The first-order chi connectivity index (χ1) is 9.93. The molecule has 0 amide bonds. The number of fused-ring (bicyclic) bond motifs is 1. The molecule has 2 N–H and O–H groups in total. The number of anilines is 1. The maximum atomic E-state index is 9.58. The zero-order chi connectivity index (χ0) is 15.6. The fourth-order valence-electron chi connectivity index (χ4n) is 2.00. The number of rotatable bonds is 6. The molecule has 0 saturated carbocycles. The van der Waals surface area contributed by atoms with Crippen LogP contribution in [0.1, 0.15) is 37.0 Å². The molecule has 0 bridgehead atoms. The standard InChI is InChI=1S/C15H23N3OS2/c1-6-16-14-13-8(2)10(4)21-15(13)18-12(17-14)7-20-11(5)9(3)19/h9,11,19H,6-7H2,1-5H3,(H,16,17,18). The van der Waals surface area contributed by atoms with Crippen LogP contribution in [-0.2, 0) is 5.75 Å². The Labute approximate surface area is 134 Å². The van der Waals surface area contributed by atoms with Crippen LogP contribution >= 0.6 is 23.1 Å². The maximum absolute atomic E-state index is 9.58. The molecule has 21 heavy (non-hydrogen) atoms. The molecule has 0 fully saturated rings. The molecule has 0 aliphatic rings. The van der Waals surface area contributed by atoms with E-state index in [1.165, 1.54) is 10.4 Å². The SMILES string of the molecule is CCNc1nc(CSC(C)C(C)O)nc2sc(C)c(C)c12. The molecule has 2 aromatic heterocycles. The van der Waals surface area contributed by atoms with Crippen LogP contribution in [0.15, 0.2) is 0 Å². The van der Waals surface area contributed by atoms with Gasteiger partial charge in [0.1, 0.15) is 16.5 Å². The van der Waals surface area contributed by atoms with Gasteiger partial charge in [-0.3, -0.25) is 0 Å². The summed E-state index contributed by atoms with van der Waals surface area (Å²) in [6.07, 6.45) is -0.321. The molecule has 2 heterocycles. The van der Waals surface area contributed by atoms with E-state index in [2.05, 4.69) is 31.1 Å². The molecule has 0 saturated heterocycles. The van der Waals surface area contributed by atoms with Gasteiger partial charge in [-0.25, -0.2) is 9.97 Å². The number of thioether (sulfide) groups is 1. The van der Waals surface area contributed by atoms with E-state index in [1.807, 2.05) is 13.8 Å². The Morgan fingerprint density at radius 1 is 1.29 bits per heavy atom. The quantitative estimate of drug-likeness (QED) is 0.847. The van der Waals surface area contributed by atoms with Gasteiger partial charge in [-0.15, -0.1) is 23.1 Å². The third-order valence-electron chi connectivity index (χ3n) is 3.57. The van der Waals surface area contributed by atoms with Crippen LogP contribution in [0.25, 0.3) is 10.2 Å². The summed E-state index contributed by atoms with van der Waals surface area (Å²) in [5.74, 6) is 2.48. The Morgan fingerprint density at radius 3 is 2.62 bits per heavy atom. The molecule has 0 spiro atoms. The number of aliphatic hydroxyl groups is 1. The van der Waals surface area contributed by atoms with E-state index in [1.54, 1.807) is 23.1 Å². The second-order valence-corrected chi connectivity index (χ2v) is 7.81. The maximum Gasteiger partial charge on any atom is 0.142 e. The summed E-state index contributed by atoms with van der Waals surface area (Å²) in [7, 11) is 0. The molecule has 4 nitrogen and oxygen atoms in total. The van der Waals surface area contributed by atoms with Crippen LogP contribution in [0.4, 0.5) is 5.82 Å². The van der Waals surface area contributed by atoms with Gasteiger partial charge in [0, 0.05) is 16.7 Å². The van der Waals surface area contributed by atoms with Gasteiger partial charge in [-0.2, -0.15) is 0 Å². The van der Waals surface area contributed by atoms with Crippen LogP contribution in [0.2, 0.25) is 0 Å². The normalized spacial score (nSPS) is 14.4. The molecule has 6 heteroatoms. The zero-order valence-electron chi connectivity index (χ0n) is 13.2. The highest BCUT2D eigenvalue weighted by molar-refractivity contribution is 7.99. The van der Waals surface area contributed by atoms with Gasteiger partial charge in [0.05, 0.1) is 17.2 Å². The van der Waals surface area contributed by atoms with Crippen molar-refractivity contribution in [2.45, 2.75) is 51.7 Å². The summed E-state index contributed by atoms with van der Waals surface area (Å²) in [5, 5.41) is 14.3. The number of hydrogen-bond acceptors (Lipinski definition) is 6. The van der Waals surface area contributed by atoms with Crippen molar-refractivity contribution in [3.63, 3.8) is 0 Å². The monoisotopic (exact) mass is 325 g/mol. The summed E-state index contributed by atoms with van der Waals surface area (Å²) in [6.45, 7) is 11.0. The van der Waals surface area contributed by atoms with Crippen molar-refractivity contribution in [3.8, 4) is 0 Å². The lowest BCUT2D eigenvalue weighted by atomic mass is 10.2. The van der Waals surface area contributed by atoms with Gasteiger partial charge in [-0.1, -0.05) is 6.92 Å². The molecule has 2 atom stereocenters. The van der Waals surface area contributed by atoms with Crippen LogP contribution in [0.5, 0.6) is 0 Å². The van der Waals surface area contributed by atoms with E-state index in [9.17, 15) is 5.11 Å². The number of nitrogens with zero attached hydrogens (tertiary/aromatic N) is 2. The van der Waals surface area contributed by atoms with E-state index in [4.69, 9.17) is 4.98 Å². The predicted molar refractivity (Wildman–Crippen MR) is 93.5 cm³/mol. The molecule has 2 rings (SSSR count). The average Bonchev–Trinajstić information content (AvgIpc) is 2.71. The Kier molecular flexibility index (Phi) is 5.46. The highest BCUT2D eigenvalue weighted by Crippen LogP contribution is 2.34. The van der Waals surface area contributed by atoms with Gasteiger partial charge >= 0.3 is 0 Å². The van der Waals surface area contributed by atoms with E-state index < -0.39 is 0 Å². The van der Waals surface area contributed by atoms with Crippen molar-refractivity contribution in [1.82, 2.24) is 9.97 Å². The average molecular weight is 326 g/mol. The van der Waals surface area contributed by atoms with Gasteiger partial charge in [0.2, 0.25) is 0 Å². The van der Waals surface area contributed by atoms with Crippen molar-refractivity contribution in [3.05, 3.63) is 16.3 Å². The largest absolute Gasteiger partial charge is 0.392 e. The third kappa shape index (κ3) is 3.67. The summed E-state index contributed by atoms with van der Waals surface area (Å²) in [5.41, 5.74) is 1.27. The van der Waals surface area contributed by atoms with E-state index >= 15 is 0 Å². The van der Waals surface area contributed by atoms with Gasteiger partial charge in [-0.05, 0) is 33.3 Å². The summed E-state index contributed by atoms with van der Waals surface area (Å²) in [6, 6.07) is 0. The lowest BCUT2D eigenvalue weighted by Crippen LogP contribution is -2.15. The van der Waals surface area contributed by atoms with Gasteiger partial charge in [0.15, 0.2) is 0 Å². The lowest BCUT2D eigenvalue weighted by molar-refractivity contribution is 0.196. The first kappa shape index (κ1) is 16.5. The molecule has 0 aromatic carbocycles. The predicted octanol–water partition coefficient (Wildman–Crippen LogP) is 3.74. The second kappa shape index (κ2) is 6.94. The van der Waals surface area contributed by atoms with E-state index in [-0.39, 0.29) is 11.4 Å².